The standard InChI is InChI=1S/C15H19N3OS/c1-10(11-5-7-12(19)8-6-11)17-18-14-16-13(9-20-14)15(2,3)4/h5-9,19H,1-4H3,(H,16,18). The van der Waals surface area contributed by atoms with Gasteiger partial charge in [0.15, 0.2) is 0 Å². The summed E-state index contributed by atoms with van der Waals surface area (Å²) in [6, 6.07) is 6.96. The van der Waals surface area contributed by atoms with Crippen molar-refractivity contribution in [2.45, 2.75) is 33.1 Å². The van der Waals surface area contributed by atoms with Gasteiger partial charge < -0.3 is 5.11 Å². The lowest BCUT2D eigenvalue weighted by molar-refractivity contribution is 0.475. The minimum absolute atomic E-state index is 0.0478. The molecule has 0 unspecified atom stereocenters. The van der Waals surface area contributed by atoms with Crippen molar-refractivity contribution in [1.82, 2.24) is 4.98 Å². The van der Waals surface area contributed by atoms with Crippen LogP contribution in [0.1, 0.15) is 39.0 Å². The molecule has 5 heteroatoms. The molecule has 2 aromatic rings. The van der Waals surface area contributed by atoms with Crippen LogP contribution in [0, 0.1) is 0 Å². The number of rotatable bonds is 3. The van der Waals surface area contributed by atoms with Crippen LogP contribution in [-0.4, -0.2) is 15.8 Å². The lowest BCUT2D eigenvalue weighted by atomic mass is 9.93. The molecule has 0 fully saturated rings. The highest BCUT2D eigenvalue weighted by Gasteiger charge is 2.17. The van der Waals surface area contributed by atoms with Crippen molar-refractivity contribution in [1.29, 1.82) is 0 Å². The molecule has 20 heavy (non-hydrogen) atoms. The number of phenolic OH excluding ortho intramolecular Hbond substituents is 1. The molecule has 0 amide bonds. The van der Waals surface area contributed by atoms with Gasteiger partial charge in [-0.1, -0.05) is 20.8 Å². The molecule has 0 bridgehead atoms. The monoisotopic (exact) mass is 289 g/mol. The highest BCUT2D eigenvalue weighted by Crippen LogP contribution is 2.26. The Morgan fingerprint density at radius 2 is 1.90 bits per heavy atom. The average molecular weight is 289 g/mol. The number of nitrogens with one attached hydrogen (secondary N) is 1. The topological polar surface area (TPSA) is 57.5 Å². The fourth-order valence-corrected chi connectivity index (χ4v) is 2.45. The highest BCUT2D eigenvalue weighted by molar-refractivity contribution is 7.13. The van der Waals surface area contributed by atoms with Crippen LogP contribution >= 0.6 is 11.3 Å². The molecule has 1 aromatic carbocycles. The van der Waals surface area contributed by atoms with E-state index in [1.54, 1.807) is 23.5 Å². The van der Waals surface area contributed by atoms with E-state index in [9.17, 15) is 5.11 Å². The summed E-state index contributed by atoms with van der Waals surface area (Å²) in [4.78, 5) is 4.52. The lowest BCUT2D eigenvalue weighted by Gasteiger charge is -2.13. The van der Waals surface area contributed by atoms with Crippen LogP contribution in [0.5, 0.6) is 5.75 Å². The van der Waals surface area contributed by atoms with E-state index in [1.165, 1.54) is 0 Å². The van der Waals surface area contributed by atoms with Crippen LogP contribution in [0.15, 0.2) is 34.7 Å². The summed E-state index contributed by atoms with van der Waals surface area (Å²) in [5, 5.41) is 16.4. The van der Waals surface area contributed by atoms with E-state index in [0.717, 1.165) is 22.1 Å². The zero-order chi connectivity index (χ0) is 14.8. The molecule has 2 N–H and O–H groups in total. The Balaban J connectivity index is 2.09. The van der Waals surface area contributed by atoms with Crippen LogP contribution in [0.2, 0.25) is 0 Å². The van der Waals surface area contributed by atoms with Crippen molar-refractivity contribution in [2.75, 3.05) is 5.43 Å². The predicted molar refractivity (Wildman–Crippen MR) is 84.8 cm³/mol. The molecule has 0 aliphatic carbocycles. The van der Waals surface area contributed by atoms with Crippen LogP contribution < -0.4 is 5.43 Å². The largest absolute Gasteiger partial charge is 0.508 e. The summed E-state index contributed by atoms with van der Waals surface area (Å²) < 4.78 is 0. The van der Waals surface area contributed by atoms with Crippen molar-refractivity contribution in [3.05, 3.63) is 40.9 Å². The van der Waals surface area contributed by atoms with Gasteiger partial charge in [0.05, 0.1) is 11.4 Å². The highest BCUT2D eigenvalue weighted by atomic mass is 32.1. The van der Waals surface area contributed by atoms with E-state index in [1.807, 2.05) is 24.4 Å². The third-order valence-electron chi connectivity index (χ3n) is 2.88. The fourth-order valence-electron chi connectivity index (χ4n) is 1.57. The van der Waals surface area contributed by atoms with Gasteiger partial charge in [0, 0.05) is 10.8 Å². The molecule has 0 spiro atoms. The molecule has 106 valence electrons. The summed E-state index contributed by atoms with van der Waals surface area (Å²) in [5.74, 6) is 0.254. The number of hydrazone groups is 1. The van der Waals surface area contributed by atoms with Gasteiger partial charge in [-0.25, -0.2) is 4.98 Å². The maximum Gasteiger partial charge on any atom is 0.203 e. The van der Waals surface area contributed by atoms with Gasteiger partial charge in [-0.05, 0) is 36.8 Å². The molecule has 0 radical (unpaired) electrons. The van der Waals surface area contributed by atoms with Crippen molar-refractivity contribution in [3.63, 3.8) is 0 Å². The van der Waals surface area contributed by atoms with Crippen LogP contribution in [0.3, 0.4) is 0 Å². The zero-order valence-corrected chi connectivity index (χ0v) is 13.0. The van der Waals surface area contributed by atoms with Gasteiger partial charge in [0.2, 0.25) is 5.13 Å². The zero-order valence-electron chi connectivity index (χ0n) is 12.1. The van der Waals surface area contributed by atoms with E-state index < -0.39 is 0 Å². The summed E-state index contributed by atoms with van der Waals surface area (Å²) in [6.07, 6.45) is 0. The second-order valence-corrected chi connectivity index (χ2v) is 6.50. The van der Waals surface area contributed by atoms with Crippen LogP contribution in [-0.2, 0) is 5.41 Å². The van der Waals surface area contributed by atoms with Gasteiger partial charge in [-0.15, -0.1) is 11.3 Å². The molecule has 4 nitrogen and oxygen atoms in total. The Morgan fingerprint density at radius 3 is 2.45 bits per heavy atom. The molecule has 1 heterocycles. The summed E-state index contributed by atoms with van der Waals surface area (Å²) in [5.41, 5.74) is 5.89. The molecule has 0 atom stereocenters. The molecule has 0 aliphatic heterocycles. The normalized spacial score (nSPS) is 12.5. The van der Waals surface area contributed by atoms with E-state index in [-0.39, 0.29) is 11.2 Å². The predicted octanol–water partition coefficient (Wildman–Crippen LogP) is 3.98. The smallest absolute Gasteiger partial charge is 0.203 e. The SMILES string of the molecule is CC(=NNc1nc(C(C)(C)C)cs1)c1ccc(O)cc1. The second-order valence-electron chi connectivity index (χ2n) is 5.64. The third kappa shape index (κ3) is 3.57. The Labute approximate surface area is 123 Å². The summed E-state index contributed by atoms with van der Waals surface area (Å²) in [6.45, 7) is 8.32. The minimum Gasteiger partial charge on any atom is -0.508 e. The van der Waals surface area contributed by atoms with Crippen molar-refractivity contribution in [2.24, 2.45) is 5.10 Å². The lowest BCUT2D eigenvalue weighted by Crippen LogP contribution is -2.11. The maximum absolute atomic E-state index is 9.26. The Hall–Kier alpha value is -1.88. The van der Waals surface area contributed by atoms with E-state index in [2.05, 4.69) is 36.3 Å². The molecule has 0 aliphatic rings. The number of thiazole rings is 1. The summed E-state index contributed by atoms with van der Waals surface area (Å²) >= 11 is 1.55. The first-order valence-electron chi connectivity index (χ1n) is 6.42. The third-order valence-corrected chi connectivity index (χ3v) is 3.62. The van der Waals surface area contributed by atoms with Crippen molar-refractivity contribution >= 4 is 22.2 Å². The fraction of sp³-hybridized carbons (Fsp3) is 0.333. The average Bonchev–Trinajstić information content (AvgIpc) is 2.85. The first-order chi connectivity index (χ1) is 9.36. The van der Waals surface area contributed by atoms with E-state index in [4.69, 9.17) is 0 Å². The quantitative estimate of drug-likeness (QED) is 0.663. The molecular formula is C15H19N3OS. The van der Waals surface area contributed by atoms with Gasteiger partial charge in [0.1, 0.15) is 5.75 Å². The van der Waals surface area contributed by atoms with Gasteiger partial charge in [-0.3, -0.25) is 5.43 Å². The molecule has 1 aromatic heterocycles. The Morgan fingerprint density at radius 1 is 1.25 bits per heavy atom. The minimum atomic E-state index is 0.0478. The number of hydrogen-bond acceptors (Lipinski definition) is 5. The first kappa shape index (κ1) is 14.5. The number of benzene rings is 1. The second kappa shape index (κ2) is 5.63. The molecule has 0 saturated carbocycles. The van der Waals surface area contributed by atoms with Gasteiger partial charge >= 0.3 is 0 Å². The van der Waals surface area contributed by atoms with Crippen LogP contribution in [0.4, 0.5) is 5.13 Å². The van der Waals surface area contributed by atoms with Gasteiger partial charge in [-0.2, -0.15) is 5.10 Å². The first-order valence-corrected chi connectivity index (χ1v) is 7.30. The van der Waals surface area contributed by atoms with Crippen molar-refractivity contribution in [3.8, 4) is 5.75 Å². The molecule has 2 rings (SSSR count). The maximum atomic E-state index is 9.26. The van der Waals surface area contributed by atoms with E-state index in [0.29, 0.717) is 0 Å². The number of phenols is 1. The van der Waals surface area contributed by atoms with Crippen molar-refractivity contribution < 1.29 is 5.11 Å². The molecule has 0 saturated heterocycles. The number of nitrogens with zero attached hydrogens (tertiary/aromatic N) is 2. The number of aromatic nitrogens is 1. The van der Waals surface area contributed by atoms with Crippen LogP contribution in [0.25, 0.3) is 0 Å². The summed E-state index contributed by atoms with van der Waals surface area (Å²) in [7, 11) is 0. The van der Waals surface area contributed by atoms with E-state index >= 15 is 0 Å². The van der Waals surface area contributed by atoms with Gasteiger partial charge in [0.25, 0.3) is 0 Å². The Kier molecular flexibility index (Phi) is 4.09. The number of anilines is 1. The number of aromatic hydroxyl groups is 1. The molecular weight excluding hydrogens is 270 g/mol. The number of hydrogen-bond donors (Lipinski definition) is 2. The Bertz CT molecular complexity index is 609.